The van der Waals surface area contributed by atoms with Crippen LogP contribution >= 0.6 is 15.9 Å². The lowest BCUT2D eigenvalue weighted by Gasteiger charge is -2.25. The van der Waals surface area contributed by atoms with Crippen molar-refractivity contribution in [3.8, 4) is 5.75 Å². The van der Waals surface area contributed by atoms with Crippen molar-refractivity contribution in [2.75, 3.05) is 13.7 Å². The van der Waals surface area contributed by atoms with Gasteiger partial charge in [0.25, 0.3) is 0 Å². The van der Waals surface area contributed by atoms with Crippen molar-refractivity contribution in [1.82, 2.24) is 0 Å². The predicted molar refractivity (Wildman–Crippen MR) is 114 cm³/mol. The van der Waals surface area contributed by atoms with E-state index >= 15 is 0 Å². The Hall–Kier alpha value is -1.81. The highest BCUT2D eigenvalue weighted by molar-refractivity contribution is 9.10. The Kier molecular flexibility index (Phi) is 7.49. The number of methoxy groups -OCH3 is 1. The Bertz CT molecular complexity index is 756. The number of carbonyl (C=O) groups is 1. The summed E-state index contributed by atoms with van der Waals surface area (Å²) in [5.41, 5.74) is 4.31. The molecular weight excluding hydrogens is 404 g/mol. The van der Waals surface area contributed by atoms with Crippen LogP contribution in [0.5, 0.6) is 5.75 Å². The number of benzene rings is 2. The Labute approximate surface area is 171 Å². The van der Waals surface area contributed by atoms with Crippen molar-refractivity contribution in [2.24, 2.45) is 5.41 Å². The van der Waals surface area contributed by atoms with Crippen LogP contribution in [0.2, 0.25) is 0 Å². The van der Waals surface area contributed by atoms with Crippen molar-refractivity contribution < 1.29 is 14.3 Å². The minimum Gasteiger partial charge on any atom is -0.493 e. The average Bonchev–Trinajstić information content (AvgIpc) is 2.64. The van der Waals surface area contributed by atoms with E-state index in [0.29, 0.717) is 12.2 Å². The molecule has 0 heterocycles. The fourth-order valence-electron chi connectivity index (χ4n) is 3.04. The first-order valence-corrected chi connectivity index (χ1v) is 10.1. The summed E-state index contributed by atoms with van der Waals surface area (Å²) in [5, 5.41) is 0. The van der Waals surface area contributed by atoms with Gasteiger partial charge in [-0.2, -0.15) is 0 Å². The third-order valence-electron chi connectivity index (χ3n) is 4.73. The molecule has 4 heteroatoms. The van der Waals surface area contributed by atoms with Crippen LogP contribution in [0.1, 0.15) is 53.7 Å². The van der Waals surface area contributed by atoms with Gasteiger partial charge in [0.1, 0.15) is 5.75 Å². The van der Waals surface area contributed by atoms with Gasteiger partial charge in [-0.05, 0) is 79.5 Å². The average molecular weight is 433 g/mol. The molecule has 0 atom stereocenters. The molecule has 0 saturated carbocycles. The largest absolute Gasteiger partial charge is 0.493 e. The molecule has 2 rings (SSSR count). The molecule has 0 amide bonds. The maximum absolute atomic E-state index is 11.5. The predicted octanol–water partition coefficient (Wildman–Crippen LogP) is 6.28. The van der Waals surface area contributed by atoms with Gasteiger partial charge in [0.05, 0.1) is 19.3 Å². The Morgan fingerprint density at radius 1 is 1.07 bits per heavy atom. The fraction of sp³-hybridized carbons (Fsp3) is 0.435. The van der Waals surface area contributed by atoms with E-state index < -0.39 is 0 Å². The molecule has 2 aromatic rings. The maximum atomic E-state index is 11.5. The second-order valence-electron chi connectivity index (χ2n) is 7.87. The third kappa shape index (κ3) is 6.39. The minimum atomic E-state index is -0.293. The summed E-state index contributed by atoms with van der Waals surface area (Å²) in [6, 6.07) is 11.8. The molecule has 0 N–H and O–H groups in total. The highest BCUT2D eigenvalue weighted by Crippen LogP contribution is 2.29. The molecule has 2 aromatic carbocycles. The van der Waals surface area contributed by atoms with E-state index in [2.05, 4.69) is 55.8 Å². The Balaban J connectivity index is 1.83. The molecule has 146 valence electrons. The van der Waals surface area contributed by atoms with Gasteiger partial charge in [-0.15, -0.1) is 0 Å². The van der Waals surface area contributed by atoms with Gasteiger partial charge in [0.2, 0.25) is 0 Å². The van der Waals surface area contributed by atoms with Crippen LogP contribution in [0, 0.1) is 19.3 Å². The molecule has 0 aromatic heterocycles. The van der Waals surface area contributed by atoms with Crippen molar-refractivity contribution in [3.63, 3.8) is 0 Å². The topological polar surface area (TPSA) is 35.5 Å². The Morgan fingerprint density at radius 2 is 1.67 bits per heavy atom. The first-order valence-electron chi connectivity index (χ1n) is 9.29. The molecule has 0 fully saturated rings. The fourth-order valence-corrected chi connectivity index (χ4v) is 3.27. The van der Waals surface area contributed by atoms with Crippen LogP contribution in [0.3, 0.4) is 0 Å². The molecule has 0 aliphatic heterocycles. The van der Waals surface area contributed by atoms with E-state index in [1.54, 1.807) is 0 Å². The maximum Gasteiger partial charge on any atom is 0.337 e. The van der Waals surface area contributed by atoms with Gasteiger partial charge < -0.3 is 9.47 Å². The molecule has 0 bridgehead atoms. The van der Waals surface area contributed by atoms with Crippen molar-refractivity contribution in [1.29, 1.82) is 0 Å². The van der Waals surface area contributed by atoms with Gasteiger partial charge in [-0.1, -0.05) is 41.9 Å². The van der Waals surface area contributed by atoms with Gasteiger partial charge in [0.15, 0.2) is 0 Å². The van der Waals surface area contributed by atoms with Crippen molar-refractivity contribution in [3.05, 3.63) is 63.1 Å². The normalized spacial score (nSPS) is 11.3. The molecule has 3 nitrogen and oxygen atoms in total. The number of hydrogen-bond acceptors (Lipinski definition) is 3. The second-order valence-corrected chi connectivity index (χ2v) is 8.66. The standard InChI is InChI=1S/C23H29BrO3/c1-16-13-20(14-17(2)21(16)24)27-15-23(3,4)12-6-7-18-8-10-19(11-9-18)22(25)26-5/h8-11,13-14H,6-7,12,15H2,1-5H3. The van der Waals surface area contributed by atoms with Gasteiger partial charge in [-0.3, -0.25) is 0 Å². The number of ether oxygens (including phenoxy) is 2. The SMILES string of the molecule is COC(=O)c1ccc(CCCC(C)(C)COc2cc(C)c(Br)c(C)c2)cc1. The molecule has 0 aliphatic carbocycles. The van der Waals surface area contributed by atoms with Crippen LogP contribution in [0.4, 0.5) is 0 Å². The quantitative estimate of drug-likeness (QED) is 0.460. The van der Waals surface area contributed by atoms with Crippen LogP contribution < -0.4 is 4.74 Å². The van der Waals surface area contributed by atoms with Gasteiger partial charge in [0, 0.05) is 4.47 Å². The Morgan fingerprint density at radius 3 is 2.22 bits per heavy atom. The zero-order valence-electron chi connectivity index (χ0n) is 16.9. The van der Waals surface area contributed by atoms with Crippen LogP contribution in [-0.4, -0.2) is 19.7 Å². The lowest BCUT2D eigenvalue weighted by atomic mass is 9.87. The van der Waals surface area contributed by atoms with E-state index in [1.807, 2.05) is 24.3 Å². The van der Waals surface area contributed by atoms with E-state index in [9.17, 15) is 4.79 Å². The third-order valence-corrected chi connectivity index (χ3v) is 5.98. The monoisotopic (exact) mass is 432 g/mol. The van der Waals surface area contributed by atoms with E-state index in [4.69, 9.17) is 9.47 Å². The summed E-state index contributed by atoms with van der Waals surface area (Å²) in [7, 11) is 1.40. The lowest BCUT2D eigenvalue weighted by molar-refractivity contribution is 0.0600. The van der Waals surface area contributed by atoms with Crippen LogP contribution in [0.15, 0.2) is 40.9 Å². The number of aryl methyl sites for hydroxylation is 3. The van der Waals surface area contributed by atoms with Crippen molar-refractivity contribution in [2.45, 2.75) is 47.0 Å². The zero-order valence-corrected chi connectivity index (χ0v) is 18.5. The molecule has 27 heavy (non-hydrogen) atoms. The molecular formula is C23H29BrO3. The van der Waals surface area contributed by atoms with E-state index in [1.165, 1.54) is 23.8 Å². The molecule has 0 radical (unpaired) electrons. The smallest absolute Gasteiger partial charge is 0.337 e. The second kappa shape index (κ2) is 9.41. The molecule has 0 saturated heterocycles. The number of hydrogen-bond donors (Lipinski definition) is 0. The first kappa shape index (κ1) is 21.5. The van der Waals surface area contributed by atoms with Crippen molar-refractivity contribution >= 4 is 21.9 Å². The zero-order chi connectivity index (χ0) is 20.0. The molecule has 0 aliphatic rings. The summed E-state index contributed by atoms with van der Waals surface area (Å²) in [5.74, 6) is 0.637. The van der Waals surface area contributed by atoms with E-state index in [-0.39, 0.29) is 11.4 Å². The number of rotatable bonds is 8. The molecule has 0 spiro atoms. The van der Waals surface area contributed by atoms with Gasteiger partial charge in [-0.25, -0.2) is 4.79 Å². The number of halogens is 1. The summed E-state index contributed by atoms with van der Waals surface area (Å²) >= 11 is 3.60. The van der Waals surface area contributed by atoms with Crippen LogP contribution in [0.25, 0.3) is 0 Å². The summed E-state index contributed by atoms with van der Waals surface area (Å²) < 4.78 is 11.9. The van der Waals surface area contributed by atoms with Crippen LogP contribution in [-0.2, 0) is 11.2 Å². The highest BCUT2D eigenvalue weighted by Gasteiger charge is 2.19. The van der Waals surface area contributed by atoms with Gasteiger partial charge >= 0.3 is 5.97 Å². The summed E-state index contributed by atoms with van der Waals surface area (Å²) in [6.07, 6.45) is 3.13. The summed E-state index contributed by atoms with van der Waals surface area (Å²) in [6.45, 7) is 9.34. The summed E-state index contributed by atoms with van der Waals surface area (Å²) in [4.78, 5) is 11.5. The first-order chi connectivity index (χ1) is 12.7. The molecule has 0 unspecified atom stereocenters. The lowest BCUT2D eigenvalue weighted by Crippen LogP contribution is -2.21. The highest BCUT2D eigenvalue weighted by atomic mass is 79.9. The van der Waals surface area contributed by atoms with E-state index in [0.717, 1.165) is 29.5 Å². The number of carbonyl (C=O) groups excluding carboxylic acids is 1. The number of esters is 1. The minimum absolute atomic E-state index is 0.0981.